The maximum atomic E-state index is 11.5. The Morgan fingerprint density at radius 2 is 1.83 bits per heavy atom. The highest BCUT2D eigenvalue weighted by Gasteiger charge is 2.04. The highest BCUT2D eigenvalue weighted by Crippen LogP contribution is 2.08. The summed E-state index contributed by atoms with van der Waals surface area (Å²) in [6, 6.07) is 0. The van der Waals surface area contributed by atoms with Crippen LogP contribution in [0.15, 0.2) is 23.3 Å². The number of carbonyl (C=O) groups excluding carboxylic acids is 1. The van der Waals surface area contributed by atoms with Crippen molar-refractivity contribution in [1.29, 1.82) is 0 Å². The Bertz CT molecular complexity index is 348. The summed E-state index contributed by atoms with van der Waals surface area (Å²) in [5.74, 6) is -0.476. The minimum absolute atomic E-state index is 0.190. The lowest BCUT2D eigenvalue weighted by molar-refractivity contribution is -0.138. The van der Waals surface area contributed by atoms with Gasteiger partial charge in [0.1, 0.15) is 0 Å². The number of carboxylic acids is 1. The molecule has 6 heteroatoms. The first-order valence-corrected chi connectivity index (χ1v) is 7.53. The number of aliphatic carboxylic acids is 1. The molecule has 1 N–H and O–H groups in total. The molecule has 0 saturated heterocycles. The van der Waals surface area contributed by atoms with Gasteiger partial charge in [-0.25, -0.2) is 9.59 Å². The summed E-state index contributed by atoms with van der Waals surface area (Å²) >= 11 is 4.00. The van der Waals surface area contributed by atoms with Crippen LogP contribution in [-0.2, 0) is 14.3 Å². The Balaban J connectivity index is 3.93. The Morgan fingerprint density at radius 1 is 1.22 bits per heavy atom. The SMILES string of the molecule is CC(=CCCOC(=O)C(C)=CCCSS)C(=O)O. The molecular formula is C12H18O4S2. The molecular weight excluding hydrogens is 272 g/mol. The van der Waals surface area contributed by atoms with Crippen molar-refractivity contribution < 1.29 is 19.4 Å². The molecule has 0 saturated carbocycles. The van der Waals surface area contributed by atoms with E-state index in [2.05, 4.69) is 11.7 Å². The largest absolute Gasteiger partial charge is 0.478 e. The van der Waals surface area contributed by atoms with E-state index in [1.165, 1.54) is 23.8 Å². The van der Waals surface area contributed by atoms with Crippen LogP contribution in [0.4, 0.5) is 0 Å². The topological polar surface area (TPSA) is 63.6 Å². The quantitative estimate of drug-likeness (QED) is 0.237. The normalized spacial score (nSPS) is 12.4. The van der Waals surface area contributed by atoms with E-state index >= 15 is 0 Å². The molecule has 0 aliphatic carbocycles. The van der Waals surface area contributed by atoms with Crippen molar-refractivity contribution in [1.82, 2.24) is 0 Å². The molecule has 0 unspecified atom stereocenters. The number of rotatable bonds is 8. The summed E-state index contributed by atoms with van der Waals surface area (Å²) in [6.45, 7) is 3.39. The Kier molecular flexibility index (Phi) is 9.59. The number of hydrogen-bond acceptors (Lipinski definition) is 5. The van der Waals surface area contributed by atoms with Crippen LogP contribution in [-0.4, -0.2) is 29.4 Å². The monoisotopic (exact) mass is 290 g/mol. The van der Waals surface area contributed by atoms with Crippen LogP contribution in [0.2, 0.25) is 0 Å². The molecule has 0 aromatic rings. The number of allylic oxidation sites excluding steroid dienone is 1. The van der Waals surface area contributed by atoms with Gasteiger partial charge < -0.3 is 9.84 Å². The van der Waals surface area contributed by atoms with Gasteiger partial charge in [0, 0.05) is 23.3 Å². The van der Waals surface area contributed by atoms with Crippen LogP contribution in [0.1, 0.15) is 26.7 Å². The van der Waals surface area contributed by atoms with Gasteiger partial charge in [-0.2, -0.15) is 0 Å². The summed E-state index contributed by atoms with van der Waals surface area (Å²) in [5, 5.41) is 8.61. The highest BCUT2D eigenvalue weighted by atomic mass is 33.1. The van der Waals surface area contributed by atoms with Gasteiger partial charge in [0.15, 0.2) is 0 Å². The average molecular weight is 290 g/mol. The summed E-state index contributed by atoms with van der Waals surface area (Å²) < 4.78 is 4.99. The molecule has 0 atom stereocenters. The second-order valence-corrected chi connectivity index (χ2v) is 5.07. The fourth-order valence-electron chi connectivity index (χ4n) is 1.04. The second-order valence-electron chi connectivity index (χ2n) is 3.63. The minimum atomic E-state index is -0.957. The van der Waals surface area contributed by atoms with Gasteiger partial charge in [-0.15, -0.1) is 11.7 Å². The molecule has 0 spiro atoms. The fraction of sp³-hybridized carbons (Fsp3) is 0.500. The van der Waals surface area contributed by atoms with Crippen LogP contribution in [0, 0.1) is 0 Å². The average Bonchev–Trinajstić information content (AvgIpc) is 2.33. The maximum Gasteiger partial charge on any atom is 0.333 e. The first kappa shape index (κ1) is 17.1. The Hall–Kier alpha value is -0.880. The Morgan fingerprint density at radius 3 is 2.39 bits per heavy atom. The van der Waals surface area contributed by atoms with Crippen LogP contribution in [0.3, 0.4) is 0 Å². The lowest BCUT2D eigenvalue weighted by atomic mass is 10.2. The van der Waals surface area contributed by atoms with Crippen molar-refractivity contribution in [2.24, 2.45) is 0 Å². The van der Waals surface area contributed by atoms with Gasteiger partial charge in [-0.3, -0.25) is 0 Å². The number of hydrogen-bond donors (Lipinski definition) is 2. The van der Waals surface area contributed by atoms with Crippen molar-refractivity contribution in [3.05, 3.63) is 23.3 Å². The highest BCUT2D eigenvalue weighted by molar-refractivity contribution is 8.68. The molecule has 0 fully saturated rings. The van der Waals surface area contributed by atoms with Crippen molar-refractivity contribution in [2.75, 3.05) is 12.4 Å². The van der Waals surface area contributed by atoms with Crippen LogP contribution < -0.4 is 0 Å². The number of esters is 1. The predicted molar refractivity (Wildman–Crippen MR) is 76.8 cm³/mol. The van der Waals surface area contributed by atoms with Gasteiger partial charge in [0.25, 0.3) is 0 Å². The fourth-order valence-corrected chi connectivity index (χ4v) is 1.58. The summed E-state index contributed by atoms with van der Waals surface area (Å²) in [7, 11) is 1.42. The van der Waals surface area contributed by atoms with E-state index in [0.29, 0.717) is 12.0 Å². The molecule has 0 bridgehead atoms. The van der Waals surface area contributed by atoms with E-state index in [0.717, 1.165) is 12.2 Å². The molecule has 4 nitrogen and oxygen atoms in total. The van der Waals surface area contributed by atoms with Crippen molar-refractivity contribution in [3.8, 4) is 0 Å². The number of ether oxygens (including phenoxy) is 1. The molecule has 0 aliphatic heterocycles. The van der Waals surface area contributed by atoms with E-state index in [9.17, 15) is 9.59 Å². The zero-order valence-electron chi connectivity index (χ0n) is 10.5. The predicted octanol–water partition coefficient (Wildman–Crippen LogP) is 2.87. The third-order valence-electron chi connectivity index (χ3n) is 2.12. The summed E-state index contributed by atoms with van der Waals surface area (Å²) in [6.07, 6.45) is 4.52. The minimum Gasteiger partial charge on any atom is -0.478 e. The zero-order chi connectivity index (χ0) is 14.0. The van der Waals surface area contributed by atoms with Crippen molar-refractivity contribution >= 4 is 34.4 Å². The van der Waals surface area contributed by atoms with Gasteiger partial charge in [0.05, 0.1) is 6.61 Å². The molecule has 0 rings (SSSR count). The molecule has 0 aliphatic rings. The molecule has 0 heterocycles. The molecule has 0 aromatic heterocycles. The molecule has 18 heavy (non-hydrogen) atoms. The van der Waals surface area contributed by atoms with Crippen LogP contribution in [0.25, 0.3) is 0 Å². The Labute approximate surface area is 116 Å². The van der Waals surface area contributed by atoms with E-state index in [-0.39, 0.29) is 18.1 Å². The third-order valence-corrected chi connectivity index (χ3v) is 3.09. The number of carbonyl (C=O) groups is 2. The lowest BCUT2D eigenvalue weighted by Gasteiger charge is -2.03. The molecule has 0 aromatic carbocycles. The standard InChI is InChI=1S/C12H18O4S2/c1-9(11(13)14)5-3-7-16-12(15)10(2)6-4-8-18-17/h5-6,17H,3-4,7-8H2,1-2H3,(H,13,14). The smallest absolute Gasteiger partial charge is 0.333 e. The lowest BCUT2D eigenvalue weighted by Crippen LogP contribution is -2.07. The third kappa shape index (κ3) is 8.25. The molecule has 0 amide bonds. The van der Waals surface area contributed by atoms with Crippen LogP contribution in [0.5, 0.6) is 0 Å². The zero-order valence-corrected chi connectivity index (χ0v) is 12.2. The van der Waals surface area contributed by atoms with E-state index in [1.807, 2.05) is 6.08 Å². The maximum absolute atomic E-state index is 11.5. The first-order valence-electron chi connectivity index (χ1n) is 5.49. The summed E-state index contributed by atoms with van der Waals surface area (Å²) in [4.78, 5) is 22.0. The van der Waals surface area contributed by atoms with E-state index in [1.54, 1.807) is 6.92 Å². The van der Waals surface area contributed by atoms with Gasteiger partial charge in [-0.05, 0) is 20.3 Å². The van der Waals surface area contributed by atoms with Crippen molar-refractivity contribution in [3.63, 3.8) is 0 Å². The number of carboxylic acid groups (broad SMARTS) is 1. The van der Waals surface area contributed by atoms with Crippen molar-refractivity contribution in [2.45, 2.75) is 26.7 Å². The van der Waals surface area contributed by atoms with Gasteiger partial charge >= 0.3 is 11.9 Å². The second kappa shape index (κ2) is 10.1. The van der Waals surface area contributed by atoms with Gasteiger partial charge in [0.2, 0.25) is 0 Å². The van der Waals surface area contributed by atoms with E-state index < -0.39 is 5.97 Å². The van der Waals surface area contributed by atoms with E-state index in [4.69, 9.17) is 9.84 Å². The summed E-state index contributed by atoms with van der Waals surface area (Å²) in [5.41, 5.74) is 0.820. The first-order chi connectivity index (χ1) is 8.49. The van der Waals surface area contributed by atoms with Gasteiger partial charge in [-0.1, -0.05) is 22.9 Å². The molecule has 102 valence electrons. The molecule has 0 radical (unpaired) electrons. The van der Waals surface area contributed by atoms with Crippen LogP contribution >= 0.6 is 22.5 Å². The number of thiol groups is 1.